The number of carbonyl (C=O) groups excluding carboxylic acids is 1. The summed E-state index contributed by atoms with van der Waals surface area (Å²) in [5, 5.41) is 6.08. The van der Waals surface area contributed by atoms with Crippen LogP contribution in [0.25, 0.3) is 5.69 Å². The van der Waals surface area contributed by atoms with Crippen LogP contribution in [0.3, 0.4) is 0 Å². The average Bonchev–Trinajstić information content (AvgIpc) is 3.09. The van der Waals surface area contributed by atoms with Crippen LogP contribution < -0.4 is 10.9 Å². The molecule has 0 aliphatic heterocycles. The number of H-pyrrole nitrogens is 2. The van der Waals surface area contributed by atoms with Gasteiger partial charge in [-0.2, -0.15) is 0 Å². The van der Waals surface area contributed by atoms with Crippen LogP contribution in [0.4, 0.5) is 0 Å². The molecule has 124 valence electrons. The summed E-state index contributed by atoms with van der Waals surface area (Å²) in [7, 11) is 0. The molecule has 2 heterocycles. The maximum absolute atomic E-state index is 12.2. The fraction of sp³-hybridized carbons (Fsp3) is 0.188. The van der Waals surface area contributed by atoms with Crippen molar-refractivity contribution in [2.24, 2.45) is 0 Å². The molecule has 0 saturated heterocycles. The van der Waals surface area contributed by atoms with E-state index in [0.29, 0.717) is 16.5 Å². The molecule has 0 bridgehead atoms. The van der Waals surface area contributed by atoms with E-state index in [-0.39, 0.29) is 23.7 Å². The number of carbonyl (C=O) groups is 1. The molecule has 8 heteroatoms. The molecule has 0 spiro atoms. The summed E-state index contributed by atoms with van der Waals surface area (Å²) in [5.41, 5.74) is 2.30. The Bertz CT molecular complexity index is 917. The fourth-order valence-electron chi connectivity index (χ4n) is 2.26. The van der Waals surface area contributed by atoms with E-state index >= 15 is 0 Å². The number of benzene rings is 1. The summed E-state index contributed by atoms with van der Waals surface area (Å²) in [6, 6.07) is 7.98. The van der Waals surface area contributed by atoms with E-state index in [9.17, 15) is 9.59 Å². The van der Waals surface area contributed by atoms with Crippen molar-refractivity contribution in [1.82, 2.24) is 25.1 Å². The number of aromatic nitrogens is 4. The highest BCUT2D eigenvalue weighted by Gasteiger charge is 2.13. The Hall–Kier alpha value is -2.80. The van der Waals surface area contributed by atoms with E-state index in [1.807, 2.05) is 13.8 Å². The molecule has 0 unspecified atom stereocenters. The maximum Gasteiger partial charge on any atom is 0.271 e. The van der Waals surface area contributed by atoms with Gasteiger partial charge in [-0.05, 0) is 38.1 Å². The summed E-state index contributed by atoms with van der Waals surface area (Å²) in [6.45, 7) is 4.06. The normalized spacial score (nSPS) is 10.8. The lowest BCUT2D eigenvalue weighted by Crippen LogP contribution is -2.24. The zero-order valence-corrected chi connectivity index (χ0v) is 13.9. The second-order valence-electron chi connectivity index (χ2n) is 5.40. The molecule has 2 aromatic heterocycles. The molecular weight excluding hydrogens is 330 g/mol. The van der Waals surface area contributed by atoms with Gasteiger partial charge in [-0.15, -0.1) is 0 Å². The minimum absolute atomic E-state index is 0.176. The predicted octanol–water partition coefficient (Wildman–Crippen LogP) is 2.09. The summed E-state index contributed by atoms with van der Waals surface area (Å²) in [4.78, 5) is 31.6. The number of amides is 1. The summed E-state index contributed by atoms with van der Waals surface area (Å²) in [6.07, 6.45) is 0. The Morgan fingerprint density at radius 3 is 2.62 bits per heavy atom. The molecule has 24 heavy (non-hydrogen) atoms. The second-order valence-corrected chi connectivity index (χ2v) is 5.83. The lowest BCUT2D eigenvalue weighted by atomic mass is 10.3. The summed E-state index contributed by atoms with van der Waals surface area (Å²) >= 11 is 5.84. The van der Waals surface area contributed by atoms with Crippen molar-refractivity contribution >= 4 is 17.5 Å². The Morgan fingerprint density at radius 1 is 1.29 bits per heavy atom. The van der Waals surface area contributed by atoms with Gasteiger partial charge in [0.15, 0.2) is 0 Å². The molecule has 7 nitrogen and oxygen atoms in total. The number of nitrogens with one attached hydrogen (secondary N) is 3. The number of nitrogens with zero attached hydrogens (tertiary/aromatic N) is 2. The maximum atomic E-state index is 12.2. The highest BCUT2D eigenvalue weighted by Crippen LogP contribution is 2.11. The number of hydrogen-bond donors (Lipinski definition) is 3. The average molecular weight is 346 g/mol. The van der Waals surface area contributed by atoms with Crippen molar-refractivity contribution in [2.45, 2.75) is 20.4 Å². The van der Waals surface area contributed by atoms with Crippen molar-refractivity contribution < 1.29 is 4.79 Å². The number of hydrogen-bond acceptors (Lipinski definition) is 3. The van der Waals surface area contributed by atoms with Crippen LogP contribution in [0.1, 0.15) is 27.7 Å². The first-order valence-electron chi connectivity index (χ1n) is 7.32. The number of aryl methyl sites for hydroxylation is 2. The van der Waals surface area contributed by atoms with E-state index in [4.69, 9.17) is 11.6 Å². The van der Waals surface area contributed by atoms with Crippen LogP contribution >= 0.6 is 11.6 Å². The van der Waals surface area contributed by atoms with Crippen molar-refractivity contribution in [2.75, 3.05) is 0 Å². The smallest absolute Gasteiger partial charge is 0.271 e. The Balaban J connectivity index is 1.75. The van der Waals surface area contributed by atoms with Gasteiger partial charge in [0, 0.05) is 16.8 Å². The van der Waals surface area contributed by atoms with Gasteiger partial charge in [-0.25, -0.2) is 9.67 Å². The second kappa shape index (κ2) is 6.37. The molecule has 0 fully saturated rings. The fourth-order valence-corrected chi connectivity index (χ4v) is 2.38. The first-order valence-corrected chi connectivity index (χ1v) is 7.70. The number of halogens is 1. The number of aromatic amines is 2. The third-order valence-corrected chi connectivity index (χ3v) is 3.90. The van der Waals surface area contributed by atoms with Crippen molar-refractivity contribution in [1.29, 1.82) is 0 Å². The van der Waals surface area contributed by atoms with Gasteiger partial charge in [0.25, 0.3) is 11.5 Å². The van der Waals surface area contributed by atoms with E-state index in [0.717, 1.165) is 11.4 Å². The molecule has 1 amide bonds. The Kier molecular flexibility index (Phi) is 4.26. The SMILES string of the molecule is Cc1nc(CNC(=O)c2cc(=O)n(-c3ccc(Cl)cc3)[nH]2)[nH]c1C. The van der Waals surface area contributed by atoms with Crippen LogP contribution in [-0.4, -0.2) is 25.7 Å². The number of imidazole rings is 1. The Morgan fingerprint density at radius 2 is 2.00 bits per heavy atom. The van der Waals surface area contributed by atoms with E-state index in [1.54, 1.807) is 24.3 Å². The summed E-state index contributed by atoms with van der Waals surface area (Å²) in [5.74, 6) is 0.282. The van der Waals surface area contributed by atoms with Crippen LogP contribution in [0, 0.1) is 13.8 Å². The third-order valence-electron chi connectivity index (χ3n) is 3.64. The van der Waals surface area contributed by atoms with Gasteiger partial charge in [-0.1, -0.05) is 11.6 Å². The van der Waals surface area contributed by atoms with Gasteiger partial charge in [0.2, 0.25) is 0 Å². The first-order chi connectivity index (χ1) is 11.4. The molecule has 3 rings (SSSR count). The third kappa shape index (κ3) is 3.26. The lowest BCUT2D eigenvalue weighted by molar-refractivity contribution is 0.0944. The van der Waals surface area contributed by atoms with Crippen molar-refractivity contribution in [3.8, 4) is 5.69 Å². The quantitative estimate of drug-likeness (QED) is 0.675. The molecule has 0 aliphatic rings. The predicted molar refractivity (Wildman–Crippen MR) is 90.6 cm³/mol. The summed E-state index contributed by atoms with van der Waals surface area (Å²) < 4.78 is 1.28. The molecular formula is C16H16ClN5O2. The minimum atomic E-state index is -0.383. The van der Waals surface area contributed by atoms with Gasteiger partial charge in [0.05, 0.1) is 17.9 Å². The molecule has 0 aliphatic carbocycles. The van der Waals surface area contributed by atoms with E-state index < -0.39 is 0 Å². The van der Waals surface area contributed by atoms with E-state index in [1.165, 1.54) is 10.7 Å². The van der Waals surface area contributed by atoms with Crippen LogP contribution in [0.5, 0.6) is 0 Å². The largest absolute Gasteiger partial charge is 0.344 e. The zero-order valence-electron chi connectivity index (χ0n) is 13.2. The van der Waals surface area contributed by atoms with Gasteiger partial charge in [0.1, 0.15) is 11.5 Å². The van der Waals surface area contributed by atoms with Crippen molar-refractivity contribution in [3.05, 3.63) is 68.6 Å². The highest BCUT2D eigenvalue weighted by atomic mass is 35.5. The number of rotatable bonds is 4. The van der Waals surface area contributed by atoms with Crippen LogP contribution in [-0.2, 0) is 6.54 Å². The van der Waals surface area contributed by atoms with Gasteiger partial charge in [-0.3, -0.25) is 14.7 Å². The lowest BCUT2D eigenvalue weighted by Gasteiger charge is -2.03. The monoisotopic (exact) mass is 345 g/mol. The van der Waals surface area contributed by atoms with Gasteiger partial charge < -0.3 is 10.3 Å². The van der Waals surface area contributed by atoms with Crippen LogP contribution in [0.15, 0.2) is 35.1 Å². The highest BCUT2D eigenvalue weighted by molar-refractivity contribution is 6.30. The molecule has 0 radical (unpaired) electrons. The van der Waals surface area contributed by atoms with E-state index in [2.05, 4.69) is 20.4 Å². The molecule has 0 atom stereocenters. The topological polar surface area (TPSA) is 95.6 Å². The molecule has 0 saturated carbocycles. The first kappa shape index (κ1) is 16.1. The zero-order chi connectivity index (χ0) is 17.3. The molecule has 3 aromatic rings. The molecule has 1 aromatic carbocycles. The van der Waals surface area contributed by atoms with Gasteiger partial charge >= 0.3 is 0 Å². The van der Waals surface area contributed by atoms with Crippen molar-refractivity contribution in [3.63, 3.8) is 0 Å². The van der Waals surface area contributed by atoms with Crippen LogP contribution in [0.2, 0.25) is 5.02 Å². The Labute approximate surface area is 142 Å². The molecule has 3 N–H and O–H groups in total. The minimum Gasteiger partial charge on any atom is -0.344 e. The standard InChI is InChI=1S/C16H16ClN5O2/c1-9-10(2)20-14(19-9)8-18-16(24)13-7-15(23)22(21-13)12-5-3-11(17)4-6-12/h3-7,21H,8H2,1-2H3,(H,18,24)(H,19,20).